The van der Waals surface area contributed by atoms with Crippen LogP contribution in [-0.2, 0) is 23.7 Å². The van der Waals surface area contributed by atoms with Crippen LogP contribution in [0.3, 0.4) is 0 Å². The molecule has 1 heterocycles. The van der Waals surface area contributed by atoms with Crippen LogP contribution < -0.4 is 0 Å². The fourth-order valence-electron chi connectivity index (χ4n) is 9.11. The van der Waals surface area contributed by atoms with Crippen LogP contribution in [0.1, 0.15) is 264 Å². The summed E-state index contributed by atoms with van der Waals surface area (Å²) in [5.41, 5.74) is 0. The Hall–Kier alpha value is -2.11. The van der Waals surface area contributed by atoms with E-state index in [9.17, 15) is 25.2 Å². The zero-order valence-electron chi connectivity index (χ0n) is 46.0. The molecule has 6 unspecified atom stereocenters. The Kier molecular flexibility index (Phi) is 49.7. The number of hydrogen-bond acceptors (Lipinski definition) is 9. The van der Waals surface area contributed by atoms with E-state index in [1.807, 2.05) is 0 Å². The van der Waals surface area contributed by atoms with Crippen LogP contribution in [0.25, 0.3) is 0 Å². The van der Waals surface area contributed by atoms with Gasteiger partial charge in [-0.15, -0.1) is 0 Å². The van der Waals surface area contributed by atoms with Gasteiger partial charge in [0.05, 0.1) is 19.8 Å². The zero-order chi connectivity index (χ0) is 51.3. The Morgan fingerprint density at radius 3 is 1.30 bits per heavy atom. The van der Waals surface area contributed by atoms with Crippen molar-refractivity contribution in [3.63, 3.8) is 0 Å². The highest BCUT2D eigenvalue weighted by atomic mass is 16.7. The molecule has 414 valence electrons. The van der Waals surface area contributed by atoms with Gasteiger partial charge in [0.25, 0.3) is 0 Å². The quantitative estimate of drug-likeness (QED) is 0.0267. The lowest BCUT2D eigenvalue weighted by atomic mass is 9.99. The molecule has 1 saturated heterocycles. The van der Waals surface area contributed by atoms with Crippen molar-refractivity contribution >= 4 is 5.97 Å². The minimum Gasteiger partial charge on any atom is -0.457 e. The van der Waals surface area contributed by atoms with Crippen LogP contribution in [-0.4, -0.2) is 89.6 Å². The molecule has 0 saturated carbocycles. The summed E-state index contributed by atoms with van der Waals surface area (Å²) in [5, 5.41) is 40.4. The molecular formula is C62H112O9. The van der Waals surface area contributed by atoms with Crippen LogP contribution in [0.2, 0.25) is 0 Å². The summed E-state index contributed by atoms with van der Waals surface area (Å²) in [6.45, 7) is 4.48. The largest absolute Gasteiger partial charge is 0.457 e. The second kappa shape index (κ2) is 52.7. The van der Waals surface area contributed by atoms with E-state index in [0.29, 0.717) is 13.0 Å². The fraction of sp³-hybridized carbons (Fsp3) is 0.823. The summed E-state index contributed by atoms with van der Waals surface area (Å²) < 4.78 is 23.0. The number of carbonyl (C=O) groups is 1. The number of unbranched alkanes of at least 4 members (excludes halogenated alkanes) is 31. The average molecular weight is 1000 g/mol. The Morgan fingerprint density at radius 1 is 0.465 bits per heavy atom. The van der Waals surface area contributed by atoms with Crippen molar-refractivity contribution in [2.45, 2.75) is 301 Å². The molecule has 4 N–H and O–H groups in total. The van der Waals surface area contributed by atoms with Crippen molar-refractivity contribution in [2.75, 3.05) is 26.4 Å². The first-order valence-electron chi connectivity index (χ1n) is 29.9. The van der Waals surface area contributed by atoms with E-state index in [4.69, 9.17) is 18.9 Å². The van der Waals surface area contributed by atoms with Gasteiger partial charge < -0.3 is 39.4 Å². The van der Waals surface area contributed by atoms with Crippen LogP contribution >= 0.6 is 0 Å². The predicted molar refractivity (Wildman–Crippen MR) is 298 cm³/mol. The molecule has 1 aliphatic heterocycles. The van der Waals surface area contributed by atoms with Gasteiger partial charge in [0, 0.05) is 13.0 Å². The standard InChI is InChI=1S/C62H112O9/c1-3-5-7-9-11-13-15-17-19-21-23-25-27-28-29-30-32-34-36-38-40-42-44-46-48-50-52-68-54-56(55-69-62-61(67)60(66)59(65)57(53-63)71-62)70-58(64)51-49-47-45-43-41-39-37-35-33-31-26-24-22-20-18-16-14-12-10-8-6-4-2/h5,7,11,13,17,19,23,25,28-29,56-57,59-63,65-67H,3-4,6,8-10,12,14-16,18,20-22,24,26-27,30-55H2,1-2H3/b7-5-,13-11-,19-17-,25-23-,29-28-. The molecule has 0 bridgehead atoms. The highest BCUT2D eigenvalue weighted by Gasteiger charge is 2.44. The van der Waals surface area contributed by atoms with Gasteiger partial charge in [0.2, 0.25) is 0 Å². The number of hydrogen-bond donors (Lipinski definition) is 4. The molecule has 0 amide bonds. The number of rotatable bonds is 52. The molecule has 0 aromatic carbocycles. The van der Waals surface area contributed by atoms with Gasteiger partial charge in [-0.1, -0.05) is 261 Å². The van der Waals surface area contributed by atoms with E-state index in [-0.39, 0.29) is 19.2 Å². The highest BCUT2D eigenvalue weighted by Crippen LogP contribution is 2.23. The Labute approximate surface area is 436 Å². The minimum absolute atomic E-state index is 0.114. The van der Waals surface area contributed by atoms with E-state index < -0.39 is 43.4 Å². The lowest BCUT2D eigenvalue weighted by molar-refractivity contribution is -0.305. The number of allylic oxidation sites excluding steroid dienone is 10. The first-order valence-corrected chi connectivity index (χ1v) is 29.9. The minimum atomic E-state index is -1.54. The van der Waals surface area contributed by atoms with Crippen molar-refractivity contribution in [3.05, 3.63) is 60.8 Å². The molecule has 0 aliphatic carbocycles. The maximum atomic E-state index is 12.9. The van der Waals surface area contributed by atoms with Crippen molar-refractivity contribution in [3.8, 4) is 0 Å². The molecule has 71 heavy (non-hydrogen) atoms. The summed E-state index contributed by atoms with van der Waals surface area (Å²) in [6.07, 6.45) is 62.7. The summed E-state index contributed by atoms with van der Waals surface area (Å²) in [5.74, 6) is -0.311. The first-order chi connectivity index (χ1) is 34.9. The third-order valence-corrected chi connectivity index (χ3v) is 13.7. The molecule has 0 aromatic heterocycles. The number of ether oxygens (including phenoxy) is 4. The SMILES string of the molecule is CC/C=C\C/C=C\C/C=C\C/C=C\C/C=C\CCCCCCCCCCCCOCC(COC1OC(CO)C(O)C(O)C1O)OC(=O)CCCCCCCCCCCCCCCCCCCCCCCC. The van der Waals surface area contributed by atoms with Gasteiger partial charge in [-0.2, -0.15) is 0 Å². The van der Waals surface area contributed by atoms with Gasteiger partial charge in [0.15, 0.2) is 6.29 Å². The van der Waals surface area contributed by atoms with Crippen LogP contribution in [0.15, 0.2) is 60.8 Å². The summed E-state index contributed by atoms with van der Waals surface area (Å²) in [4.78, 5) is 12.9. The Bertz CT molecular complexity index is 1280. The number of aliphatic hydroxyl groups excluding tert-OH is 4. The maximum absolute atomic E-state index is 12.9. The predicted octanol–water partition coefficient (Wildman–Crippen LogP) is 15.8. The van der Waals surface area contributed by atoms with Crippen LogP contribution in [0.5, 0.6) is 0 Å². The molecule has 9 nitrogen and oxygen atoms in total. The van der Waals surface area contributed by atoms with Gasteiger partial charge in [-0.3, -0.25) is 4.79 Å². The van der Waals surface area contributed by atoms with Crippen molar-refractivity contribution in [1.82, 2.24) is 0 Å². The first kappa shape index (κ1) is 66.9. The van der Waals surface area contributed by atoms with Crippen molar-refractivity contribution in [1.29, 1.82) is 0 Å². The molecular weight excluding hydrogens is 889 g/mol. The van der Waals surface area contributed by atoms with E-state index in [1.54, 1.807) is 0 Å². The molecule has 0 radical (unpaired) electrons. The Morgan fingerprint density at radius 2 is 0.859 bits per heavy atom. The average Bonchev–Trinajstić information content (AvgIpc) is 3.37. The number of carbonyl (C=O) groups excluding carboxylic acids is 1. The monoisotopic (exact) mass is 1000 g/mol. The topological polar surface area (TPSA) is 135 Å². The van der Waals surface area contributed by atoms with E-state index in [2.05, 4.69) is 74.6 Å². The molecule has 1 aliphatic rings. The lowest BCUT2D eigenvalue weighted by Gasteiger charge is -2.39. The molecule has 0 spiro atoms. The summed E-state index contributed by atoms with van der Waals surface area (Å²) in [6, 6.07) is 0. The van der Waals surface area contributed by atoms with Crippen LogP contribution in [0.4, 0.5) is 0 Å². The smallest absolute Gasteiger partial charge is 0.306 e. The molecule has 1 rings (SSSR count). The Balaban J connectivity index is 2.14. The van der Waals surface area contributed by atoms with Gasteiger partial charge in [0.1, 0.15) is 30.5 Å². The second-order valence-corrected chi connectivity index (χ2v) is 20.4. The van der Waals surface area contributed by atoms with Gasteiger partial charge in [-0.25, -0.2) is 0 Å². The zero-order valence-corrected chi connectivity index (χ0v) is 46.0. The van der Waals surface area contributed by atoms with Gasteiger partial charge in [-0.05, 0) is 57.8 Å². The lowest BCUT2D eigenvalue weighted by Crippen LogP contribution is -2.59. The van der Waals surface area contributed by atoms with Crippen molar-refractivity contribution in [2.24, 2.45) is 0 Å². The van der Waals surface area contributed by atoms with E-state index >= 15 is 0 Å². The van der Waals surface area contributed by atoms with Gasteiger partial charge >= 0.3 is 5.97 Å². The molecule has 0 aromatic rings. The van der Waals surface area contributed by atoms with Crippen molar-refractivity contribution < 1.29 is 44.2 Å². The number of esters is 1. The fourth-order valence-corrected chi connectivity index (χ4v) is 9.11. The molecule has 1 fully saturated rings. The number of aliphatic hydroxyl groups is 4. The maximum Gasteiger partial charge on any atom is 0.306 e. The summed E-state index contributed by atoms with van der Waals surface area (Å²) >= 11 is 0. The second-order valence-electron chi connectivity index (χ2n) is 20.4. The molecule has 6 atom stereocenters. The summed E-state index contributed by atoms with van der Waals surface area (Å²) in [7, 11) is 0. The molecule has 9 heteroatoms. The third-order valence-electron chi connectivity index (χ3n) is 13.7. The highest BCUT2D eigenvalue weighted by molar-refractivity contribution is 5.69. The van der Waals surface area contributed by atoms with E-state index in [0.717, 1.165) is 64.2 Å². The third kappa shape index (κ3) is 42.9. The van der Waals surface area contributed by atoms with E-state index in [1.165, 1.54) is 180 Å². The van der Waals surface area contributed by atoms with Crippen LogP contribution in [0, 0.1) is 0 Å². The normalized spacial score (nSPS) is 19.2.